The molecule has 7 nitrogen and oxygen atoms in total. The number of carbonyl (C=O) groups is 1. The van der Waals surface area contributed by atoms with Gasteiger partial charge in [-0.3, -0.25) is 9.69 Å². The first-order chi connectivity index (χ1) is 26.7. The number of aromatic nitrogens is 2. The van der Waals surface area contributed by atoms with Gasteiger partial charge in [-0.25, -0.2) is 23.1 Å². The monoisotopic (exact) mass is 747 g/mol. The van der Waals surface area contributed by atoms with E-state index in [0.717, 1.165) is 17.7 Å². The Balaban J connectivity index is 0.000000381. The number of hydrogen-bond donors (Lipinski definition) is 0. The molecule has 5 rings (SSSR count). The Morgan fingerprint density at radius 1 is 0.836 bits per heavy atom. The van der Waals surface area contributed by atoms with Gasteiger partial charge >= 0.3 is 0 Å². The molecule has 4 aromatic rings. The molecule has 268 valence electrons. The summed E-state index contributed by atoms with van der Waals surface area (Å²) in [6, 6.07) is 15.2. The summed E-state index contributed by atoms with van der Waals surface area (Å²) in [5.74, 6) is -3.97. The molecule has 0 unspecified atom stereocenters. The molecule has 3 heterocycles. The molecule has 0 radical (unpaired) electrons. The number of pyridine rings is 1. The van der Waals surface area contributed by atoms with Gasteiger partial charge in [-0.05, 0) is 106 Å². The van der Waals surface area contributed by atoms with Crippen molar-refractivity contribution in [2.45, 2.75) is 20.1 Å². The molecule has 2 aromatic heterocycles. The first-order valence-corrected chi connectivity index (χ1v) is 17.0. The topological polar surface area (TPSA) is 82.3 Å². The lowest BCUT2D eigenvalue weighted by Crippen LogP contribution is -2.47. The van der Waals surface area contributed by atoms with Crippen LogP contribution in [0.4, 0.5) is 13.2 Å². The first kappa shape index (κ1) is 40.4. The fraction of sp³-hybridized carbons (Fsp3) is 0.159. The van der Waals surface area contributed by atoms with Crippen LogP contribution >= 0.6 is 11.3 Å². The molecule has 1 fully saturated rings. The van der Waals surface area contributed by atoms with Crippen LogP contribution in [-0.2, 0) is 17.9 Å². The van der Waals surface area contributed by atoms with Crippen LogP contribution in [0.15, 0.2) is 142 Å². The van der Waals surface area contributed by atoms with E-state index in [9.17, 15) is 23.2 Å². The van der Waals surface area contributed by atoms with Crippen LogP contribution in [-0.4, -0.2) is 51.9 Å². The summed E-state index contributed by atoms with van der Waals surface area (Å²) >= 11 is 1.17. The summed E-state index contributed by atoms with van der Waals surface area (Å²) in [4.78, 5) is 25.0. The van der Waals surface area contributed by atoms with Crippen molar-refractivity contribution in [2.75, 3.05) is 26.2 Å². The van der Waals surface area contributed by atoms with Crippen molar-refractivity contribution in [3.8, 4) is 33.5 Å². The minimum Gasteiger partial charge on any atom is -0.469 e. The van der Waals surface area contributed by atoms with Crippen molar-refractivity contribution in [2.24, 2.45) is 0 Å². The van der Waals surface area contributed by atoms with Crippen LogP contribution in [0.1, 0.15) is 23.2 Å². The molecule has 55 heavy (non-hydrogen) atoms. The third-order valence-corrected chi connectivity index (χ3v) is 8.55. The van der Waals surface area contributed by atoms with Gasteiger partial charge in [-0.1, -0.05) is 41.8 Å². The highest BCUT2D eigenvalue weighted by Crippen LogP contribution is 2.35. The van der Waals surface area contributed by atoms with Crippen LogP contribution in [0.3, 0.4) is 0 Å². The number of rotatable bonds is 7. The van der Waals surface area contributed by atoms with Crippen LogP contribution in [0, 0.1) is 28.8 Å². The molecule has 0 atom stereocenters. The van der Waals surface area contributed by atoms with E-state index in [1.165, 1.54) is 18.3 Å². The molecule has 1 amide bonds. The largest absolute Gasteiger partial charge is 0.469 e. The number of benzene rings is 2. The number of nitrogens with zero attached hydrogens (tertiary/aromatic N) is 5. The van der Waals surface area contributed by atoms with E-state index in [1.54, 1.807) is 17.2 Å². The average Bonchev–Trinajstić information content (AvgIpc) is 3.60. The quantitative estimate of drug-likeness (QED) is 0.140. The molecule has 0 aliphatic carbocycles. The van der Waals surface area contributed by atoms with Crippen molar-refractivity contribution in [1.29, 1.82) is 5.26 Å². The predicted molar refractivity (Wildman–Crippen MR) is 201 cm³/mol. The highest BCUT2D eigenvalue weighted by molar-refractivity contribution is 7.15. The molecule has 1 aliphatic rings. The summed E-state index contributed by atoms with van der Waals surface area (Å²) in [6.07, 6.45) is 1.56. The Bertz CT molecular complexity index is 2540. The number of nitriles is 1. The SMILES string of the molecule is C=C=C=C=C=C=C=C=C=C=C=C=C=C=C.CC(=O)N1CCN(Cc2nc(COc3nccc(-c4ccccc4)c3C#N)sc2-c2cc(F)c(F)c(F)c2)CC1. The Morgan fingerprint density at radius 3 is 1.93 bits per heavy atom. The molecule has 0 saturated carbocycles. The zero-order chi connectivity index (χ0) is 39.4. The van der Waals surface area contributed by atoms with Crippen LogP contribution in [0.2, 0.25) is 0 Å². The van der Waals surface area contributed by atoms with Gasteiger partial charge < -0.3 is 9.64 Å². The average molecular weight is 748 g/mol. The van der Waals surface area contributed by atoms with E-state index in [0.29, 0.717) is 53.9 Å². The molecular weight excluding hydrogens is 720 g/mol. The summed E-state index contributed by atoms with van der Waals surface area (Å²) < 4.78 is 47.9. The molecule has 0 spiro atoms. The normalized spacial score (nSPS) is 11.0. The zero-order valence-corrected chi connectivity index (χ0v) is 30.3. The molecule has 1 aliphatic heterocycles. The molecule has 11 heteroatoms. The minimum absolute atomic E-state index is 0.00683. The lowest BCUT2D eigenvalue weighted by molar-refractivity contribution is -0.130. The van der Waals surface area contributed by atoms with Crippen molar-refractivity contribution in [3.63, 3.8) is 0 Å². The second-order valence-electron chi connectivity index (χ2n) is 11.0. The summed E-state index contributed by atoms with van der Waals surface area (Å²) in [7, 11) is 0. The fourth-order valence-electron chi connectivity index (χ4n) is 4.93. The van der Waals surface area contributed by atoms with Gasteiger partial charge in [0.15, 0.2) is 17.5 Å². The van der Waals surface area contributed by atoms with E-state index >= 15 is 0 Å². The van der Waals surface area contributed by atoms with E-state index in [2.05, 4.69) is 109 Å². The maximum Gasteiger partial charge on any atom is 0.232 e. The maximum absolute atomic E-state index is 14.1. The third kappa shape index (κ3) is 12.1. The highest BCUT2D eigenvalue weighted by Gasteiger charge is 2.24. The number of carbonyl (C=O) groups excluding carboxylic acids is 1. The van der Waals surface area contributed by atoms with Crippen molar-refractivity contribution in [1.82, 2.24) is 19.8 Å². The van der Waals surface area contributed by atoms with Gasteiger partial charge in [-0.15, -0.1) is 11.3 Å². The number of piperazine rings is 1. The Morgan fingerprint density at radius 2 is 1.40 bits per heavy atom. The second kappa shape index (κ2) is 21.2. The molecule has 2 aromatic carbocycles. The van der Waals surface area contributed by atoms with E-state index in [4.69, 9.17) is 4.74 Å². The van der Waals surface area contributed by atoms with Crippen LogP contribution in [0.5, 0.6) is 5.88 Å². The van der Waals surface area contributed by atoms with Gasteiger partial charge in [0.2, 0.25) is 11.8 Å². The Labute approximate surface area is 319 Å². The van der Waals surface area contributed by atoms with Crippen LogP contribution in [0.25, 0.3) is 21.6 Å². The van der Waals surface area contributed by atoms with E-state index in [-0.39, 0.29) is 29.5 Å². The van der Waals surface area contributed by atoms with Gasteiger partial charge in [0, 0.05) is 51.4 Å². The fourth-order valence-corrected chi connectivity index (χ4v) is 5.91. The first-order valence-electron chi connectivity index (χ1n) is 16.2. The third-order valence-electron chi connectivity index (χ3n) is 7.43. The zero-order valence-electron chi connectivity index (χ0n) is 29.4. The maximum atomic E-state index is 14.1. The van der Waals surface area contributed by atoms with Gasteiger partial charge in [0.25, 0.3) is 0 Å². The van der Waals surface area contributed by atoms with Crippen LogP contribution < -0.4 is 4.74 Å². The van der Waals surface area contributed by atoms with Crippen molar-refractivity contribution >= 4 is 17.2 Å². The number of thiazole rings is 1. The van der Waals surface area contributed by atoms with Gasteiger partial charge in [0.1, 0.15) is 23.2 Å². The Kier molecular flexibility index (Phi) is 15.6. The number of ether oxygens (including phenoxy) is 1. The van der Waals surface area contributed by atoms with E-state index in [1.807, 2.05) is 30.3 Å². The Hall–Kier alpha value is -7.39. The lowest BCUT2D eigenvalue weighted by Gasteiger charge is -2.33. The number of hydrogen-bond acceptors (Lipinski definition) is 7. The lowest BCUT2D eigenvalue weighted by atomic mass is 10.0. The molecular formula is C44H28F3N5O2S. The van der Waals surface area contributed by atoms with Crippen molar-refractivity contribution in [3.05, 3.63) is 176 Å². The number of halogens is 3. The van der Waals surface area contributed by atoms with Crippen molar-refractivity contribution < 1.29 is 22.7 Å². The molecule has 1 saturated heterocycles. The standard InChI is InChI=1S/C29H24F3N5O2S.C15H4/c1-18(38)37-11-9-36(10-12-37)16-25-28(20-13-23(30)27(32)24(31)14-20)40-26(35-25)17-39-29-22(15-33)21(7-8-34-29)19-5-3-2-4-6-19;1-3-5-7-9-11-13-15-14-12-10-8-6-4-2/h2-8,13-14H,9-12,16-17H2,1H3;1-2H2. The summed E-state index contributed by atoms with van der Waals surface area (Å²) in [5, 5.41) is 10.3. The molecule has 0 N–H and O–H groups in total. The summed E-state index contributed by atoms with van der Waals surface area (Å²) in [6.45, 7) is 10.8. The summed E-state index contributed by atoms with van der Waals surface area (Å²) in [5.41, 5.74) is 34.4. The second-order valence-corrected chi connectivity index (χ2v) is 12.0. The van der Waals surface area contributed by atoms with Gasteiger partial charge in [-0.2, -0.15) is 5.26 Å². The minimum atomic E-state index is -1.54. The predicted octanol–water partition coefficient (Wildman–Crippen LogP) is 8.22. The molecule has 0 bridgehead atoms. The smallest absolute Gasteiger partial charge is 0.232 e. The number of amides is 1. The van der Waals surface area contributed by atoms with E-state index < -0.39 is 17.5 Å². The highest BCUT2D eigenvalue weighted by atomic mass is 32.1. The van der Waals surface area contributed by atoms with Gasteiger partial charge in [0.05, 0.1) is 10.6 Å².